The molecule has 1 N–H and O–H groups in total. The van der Waals surface area contributed by atoms with E-state index in [4.69, 9.17) is 4.74 Å². The Morgan fingerprint density at radius 1 is 1.10 bits per heavy atom. The van der Waals surface area contributed by atoms with Gasteiger partial charge < -0.3 is 4.74 Å². The van der Waals surface area contributed by atoms with E-state index in [2.05, 4.69) is 32.2 Å². The summed E-state index contributed by atoms with van der Waals surface area (Å²) >= 11 is 0. The summed E-state index contributed by atoms with van der Waals surface area (Å²) in [5, 5.41) is 12.6. The van der Waals surface area contributed by atoms with E-state index >= 15 is 0 Å². The van der Waals surface area contributed by atoms with E-state index in [9.17, 15) is 5.26 Å². The molecule has 0 saturated heterocycles. The highest BCUT2D eigenvalue weighted by atomic mass is 16.5. The number of hydrogen-bond donors (Lipinski definition) is 1. The smallest absolute Gasteiger partial charge is 0.103 e. The first-order valence-corrected chi connectivity index (χ1v) is 8.85. The van der Waals surface area contributed by atoms with Gasteiger partial charge in [-0.15, -0.1) is 0 Å². The first-order valence-electron chi connectivity index (χ1n) is 8.85. The Kier molecular flexibility index (Phi) is 12.7. The van der Waals surface area contributed by atoms with Crippen LogP contribution in [0.1, 0.15) is 85.5 Å². The summed E-state index contributed by atoms with van der Waals surface area (Å²) in [5.74, 6) is 0. The molecule has 0 aliphatic carbocycles. The lowest BCUT2D eigenvalue weighted by Crippen LogP contribution is -2.41. The predicted octanol–water partition coefficient (Wildman–Crippen LogP) is 4.81. The molecule has 0 amide bonds. The van der Waals surface area contributed by atoms with Crippen molar-refractivity contribution in [3.63, 3.8) is 0 Å². The van der Waals surface area contributed by atoms with E-state index in [0.717, 1.165) is 38.8 Å². The van der Waals surface area contributed by atoms with Gasteiger partial charge in [0.2, 0.25) is 0 Å². The summed E-state index contributed by atoms with van der Waals surface area (Å²) in [7, 11) is 0. The highest BCUT2D eigenvalue weighted by molar-refractivity contribution is 5.03. The zero-order chi connectivity index (χ0) is 16.0. The van der Waals surface area contributed by atoms with E-state index in [1.807, 2.05) is 6.92 Å². The summed E-state index contributed by atoms with van der Waals surface area (Å²) in [6.45, 7) is 10.3. The summed E-state index contributed by atoms with van der Waals surface area (Å²) < 4.78 is 5.85. The average Bonchev–Trinajstić information content (AvgIpc) is 2.49. The zero-order valence-electron chi connectivity index (χ0n) is 14.7. The van der Waals surface area contributed by atoms with Gasteiger partial charge in [0.15, 0.2) is 0 Å². The minimum absolute atomic E-state index is 0.373. The number of hydrogen-bond acceptors (Lipinski definition) is 3. The molecule has 0 radical (unpaired) electrons. The molecule has 0 aliphatic heterocycles. The third kappa shape index (κ3) is 11.7. The van der Waals surface area contributed by atoms with Crippen LogP contribution >= 0.6 is 0 Å². The molecule has 3 heteroatoms. The Labute approximate surface area is 132 Å². The molecule has 0 aromatic rings. The van der Waals surface area contributed by atoms with Gasteiger partial charge in [-0.3, -0.25) is 5.32 Å². The fourth-order valence-corrected chi connectivity index (χ4v) is 2.39. The molecule has 0 bridgehead atoms. The van der Waals surface area contributed by atoms with Crippen molar-refractivity contribution in [2.75, 3.05) is 13.2 Å². The van der Waals surface area contributed by atoms with Gasteiger partial charge >= 0.3 is 0 Å². The molecule has 0 spiro atoms. The minimum atomic E-state index is -0.373. The Morgan fingerprint density at radius 2 is 1.86 bits per heavy atom. The van der Waals surface area contributed by atoms with Crippen LogP contribution in [0.4, 0.5) is 0 Å². The van der Waals surface area contributed by atoms with Crippen molar-refractivity contribution in [3.8, 4) is 6.07 Å². The molecule has 0 heterocycles. The number of unbranched alkanes of at least 4 members (excludes halogenated alkanes) is 4. The number of nitriles is 1. The van der Waals surface area contributed by atoms with Gasteiger partial charge in [0.05, 0.1) is 12.2 Å². The van der Waals surface area contributed by atoms with Crippen LogP contribution in [-0.4, -0.2) is 24.8 Å². The average molecular weight is 296 g/mol. The van der Waals surface area contributed by atoms with Crippen molar-refractivity contribution >= 4 is 0 Å². The third-order valence-electron chi connectivity index (χ3n) is 3.95. The molecule has 0 fully saturated rings. The summed E-state index contributed by atoms with van der Waals surface area (Å²) in [6.07, 6.45) is 10.8. The monoisotopic (exact) mass is 296 g/mol. The van der Waals surface area contributed by atoms with Crippen LogP contribution < -0.4 is 5.32 Å². The van der Waals surface area contributed by atoms with Crippen LogP contribution in [0.2, 0.25) is 0 Å². The topological polar surface area (TPSA) is 45.0 Å². The SMILES string of the molecule is CCCCCCC(C)OCCCCC(C)(C#N)NCCC. The summed E-state index contributed by atoms with van der Waals surface area (Å²) in [6, 6.07) is 2.40. The Bertz CT molecular complexity index is 275. The minimum Gasteiger partial charge on any atom is -0.379 e. The lowest BCUT2D eigenvalue weighted by atomic mass is 9.96. The van der Waals surface area contributed by atoms with Crippen molar-refractivity contribution in [1.82, 2.24) is 5.32 Å². The molecule has 3 nitrogen and oxygen atoms in total. The van der Waals surface area contributed by atoms with Crippen LogP contribution in [0, 0.1) is 11.3 Å². The third-order valence-corrected chi connectivity index (χ3v) is 3.95. The molecule has 124 valence electrons. The second-order valence-corrected chi connectivity index (χ2v) is 6.36. The number of ether oxygens (including phenoxy) is 1. The maximum Gasteiger partial charge on any atom is 0.103 e. The lowest BCUT2D eigenvalue weighted by Gasteiger charge is -2.23. The number of nitrogens with one attached hydrogen (secondary N) is 1. The van der Waals surface area contributed by atoms with Crippen LogP contribution in [0.3, 0.4) is 0 Å². The summed E-state index contributed by atoms with van der Waals surface area (Å²) in [4.78, 5) is 0. The first-order chi connectivity index (χ1) is 10.1. The number of rotatable bonds is 14. The largest absolute Gasteiger partial charge is 0.379 e. The lowest BCUT2D eigenvalue weighted by molar-refractivity contribution is 0.0552. The van der Waals surface area contributed by atoms with Crippen LogP contribution in [-0.2, 0) is 4.74 Å². The van der Waals surface area contributed by atoms with Crippen molar-refractivity contribution in [2.45, 2.75) is 97.1 Å². The predicted molar refractivity (Wildman–Crippen MR) is 90.3 cm³/mol. The maximum absolute atomic E-state index is 9.25. The van der Waals surface area contributed by atoms with Crippen molar-refractivity contribution < 1.29 is 4.74 Å². The van der Waals surface area contributed by atoms with Gasteiger partial charge in [-0.2, -0.15) is 5.26 Å². The molecule has 0 aromatic carbocycles. The highest BCUT2D eigenvalue weighted by Crippen LogP contribution is 2.14. The van der Waals surface area contributed by atoms with Gasteiger partial charge in [0.1, 0.15) is 5.54 Å². The molecular formula is C18H36N2O. The van der Waals surface area contributed by atoms with E-state index in [1.54, 1.807) is 0 Å². The molecule has 0 aromatic heterocycles. The fourth-order valence-electron chi connectivity index (χ4n) is 2.39. The second kappa shape index (κ2) is 13.1. The Balaban J connectivity index is 3.59. The van der Waals surface area contributed by atoms with Gasteiger partial charge in [0, 0.05) is 6.61 Å². The van der Waals surface area contributed by atoms with Gasteiger partial charge in [-0.05, 0) is 52.5 Å². The van der Waals surface area contributed by atoms with Crippen molar-refractivity contribution in [1.29, 1.82) is 5.26 Å². The standard InChI is InChI=1S/C18H36N2O/c1-5-7-8-9-12-17(3)21-15-11-10-13-18(4,16-19)20-14-6-2/h17,20H,5-15H2,1-4H3. The Hall–Kier alpha value is -0.590. The molecule has 0 saturated carbocycles. The molecule has 2 atom stereocenters. The van der Waals surface area contributed by atoms with Crippen LogP contribution in [0.15, 0.2) is 0 Å². The van der Waals surface area contributed by atoms with Gasteiger partial charge in [0.25, 0.3) is 0 Å². The molecule has 0 aliphatic rings. The zero-order valence-corrected chi connectivity index (χ0v) is 14.7. The quantitative estimate of drug-likeness (QED) is 0.468. The highest BCUT2D eigenvalue weighted by Gasteiger charge is 2.21. The normalized spacial score (nSPS) is 15.4. The van der Waals surface area contributed by atoms with Crippen molar-refractivity contribution in [3.05, 3.63) is 0 Å². The Morgan fingerprint density at radius 3 is 2.48 bits per heavy atom. The van der Waals surface area contributed by atoms with Crippen LogP contribution in [0.25, 0.3) is 0 Å². The van der Waals surface area contributed by atoms with E-state index in [-0.39, 0.29) is 5.54 Å². The first kappa shape index (κ1) is 20.4. The second-order valence-electron chi connectivity index (χ2n) is 6.36. The maximum atomic E-state index is 9.25. The number of nitrogens with zero attached hydrogens (tertiary/aromatic N) is 1. The van der Waals surface area contributed by atoms with Crippen LogP contribution in [0.5, 0.6) is 0 Å². The van der Waals surface area contributed by atoms with Gasteiger partial charge in [-0.1, -0.05) is 39.5 Å². The molecule has 0 rings (SSSR count). The molecule has 2 unspecified atom stereocenters. The molecular weight excluding hydrogens is 260 g/mol. The molecule has 21 heavy (non-hydrogen) atoms. The van der Waals surface area contributed by atoms with Gasteiger partial charge in [-0.25, -0.2) is 0 Å². The van der Waals surface area contributed by atoms with E-state index < -0.39 is 0 Å². The van der Waals surface area contributed by atoms with Crippen molar-refractivity contribution in [2.24, 2.45) is 0 Å². The van der Waals surface area contributed by atoms with E-state index in [0.29, 0.717) is 6.10 Å². The fraction of sp³-hybridized carbons (Fsp3) is 0.944. The summed E-state index contributed by atoms with van der Waals surface area (Å²) in [5.41, 5.74) is -0.373. The van der Waals surface area contributed by atoms with E-state index in [1.165, 1.54) is 32.1 Å².